The smallest absolute Gasteiger partial charge is 0.242 e. The van der Waals surface area contributed by atoms with Crippen LogP contribution in [0.1, 0.15) is 29.8 Å². The van der Waals surface area contributed by atoms with Crippen LogP contribution in [-0.4, -0.2) is 31.5 Å². The van der Waals surface area contributed by atoms with E-state index in [0.29, 0.717) is 11.6 Å². The van der Waals surface area contributed by atoms with Gasteiger partial charge in [0.25, 0.3) is 0 Å². The summed E-state index contributed by atoms with van der Waals surface area (Å²) in [5, 5.41) is 9.09. The van der Waals surface area contributed by atoms with Gasteiger partial charge in [-0.25, -0.2) is 23.1 Å². The Labute approximate surface area is 147 Å². The molecule has 1 fully saturated rings. The second-order valence-electron chi connectivity index (χ2n) is 5.93. The third kappa shape index (κ3) is 3.95. The Morgan fingerprint density at radius 2 is 1.96 bits per heavy atom. The SMILES string of the molecule is Cc1cc(CNS(=O)(=O)c2ccccc2C#N)nc(N2CCCC2)n1. The van der Waals surface area contributed by atoms with Crippen molar-refractivity contribution in [1.29, 1.82) is 5.26 Å². The van der Waals surface area contributed by atoms with Gasteiger partial charge in [0.05, 0.1) is 22.7 Å². The number of hydrogen-bond donors (Lipinski definition) is 1. The number of hydrogen-bond acceptors (Lipinski definition) is 6. The van der Waals surface area contributed by atoms with Crippen LogP contribution in [0.25, 0.3) is 0 Å². The number of anilines is 1. The first kappa shape index (κ1) is 17.3. The number of rotatable bonds is 5. The van der Waals surface area contributed by atoms with E-state index >= 15 is 0 Å². The molecule has 1 aromatic carbocycles. The number of aromatic nitrogens is 2. The Balaban J connectivity index is 1.80. The first-order chi connectivity index (χ1) is 12.0. The van der Waals surface area contributed by atoms with Crippen LogP contribution in [0.15, 0.2) is 35.2 Å². The van der Waals surface area contributed by atoms with Gasteiger partial charge in [-0.1, -0.05) is 12.1 Å². The summed E-state index contributed by atoms with van der Waals surface area (Å²) in [4.78, 5) is 11.0. The zero-order chi connectivity index (χ0) is 17.9. The van der Waals surface area contributed by atoms with Crippen molar-refractivity contribution in [1.82, 2.24) is 14.7 Å². The van der Waals surface area contributed by atoms with E-state index < -0.39 is 10.0 Å². The maximum absolute atomic E-state index is 12.5. The molecular weight excluding hydrogens is 338 g/mol. The average molecular weight is 357 g/mol. The molecule has 25 heavy (non-hydrogen) atoms. The summed E-state index contributed by atoms with van der Waals surface area (Å²) in [6.45, 7) is 3.75. The zero-order valence-electron chi connectivity index (χ0n) is 13.9. The number of benzene rings is 1. The molecule has 0 spiro atoms. The summed E-state index contributed by atoms with van der Waals surface area (Å²) in [5.41, 5.74) is 1.52. The second-order valence-corrected chi connectivity index (χ2v) is 7.66. The minimum atomic E-state index is -3.79. The van der Waals surface area contributed by atoms with E-state index in [4.69, 9.17) is 5.26 Å². The Bertz CT molecular complexity index is 915. The molecule has 0 amide bonds. The zero-order valence-corrected chi connectivity index (χ0v) is 14.8. The van der Waals surface area contributed by atoms with Crippen molar-refractivity contribution in [3.8, 4) is 6.07 Å². The summed E-state index contributed by atoms with van der Waals surface area (Å²) in [7, 11) is -3.79. The van der Waals surface area contributed by atoms with E-state index in [1.165, 1.54) is 12.1 Å². The lowest BCUT2D eigenvalue weighted by Gasteiger charge is -2.16. The van der Waals surface area contributed by atoms with Crippen LogP contribution in [-0.2, 0) is 16.6 Å². The van der Waals surface area contributed by atoms with E-state index in [1.807, 2.05) is 13.0 Å². The molecule has 1 N–H and O–H groups in total. The normalized spacial score (nSPS) is 14.5. The molecular formula is C17H19N5O2S. The standard InChI is InChI=1S/C17H19N5O2S/c1-13-10-15(21-17(20-13)22-8-4-5-9-22)12-19-25(23,24)16-7-3-2-6-14(16)11-18/h2-3,6-7,10,19H,4-5,8-9,12H2,1H3. The lowest BCUT2D eigenvalue weighted by molar-refractivity contribution is 0.580. The fraction of sp³-hybridized carbons (Fsp3) is 0.353. The molecule has 0 radical (unpaired) electrons. The largest absolute Gasteiger partial charge is 0.341 e. The van der Waals surface area contributed by atoms with Crippen molar-refractivity contribution in [2.24, 2.45) is 0 Å². The molecule has 0 saturated carbocycles. The maximum atomic E-state index is 12.5. The van der Waals surface area contributed by atoms with E-state index in [2.05, 4.69) is 19.6 Å². The lowest BCUT2D eigenvalue weighted by Crippen LogP contribution is -2.26. The van der Waals surface area contributed by atoms with Crippen molar-refractivity contribution in [3.05, 3.63) is 47.3 Å². The maximum Gasteiger partial charge on any atom is 0.242 e. The Hall–Kier alpha value is -2.50. The highest BCUT2D eigenvalue weighted by Gasteiger charge is 2.19. The van der Waals surface area contributed by atoms with Gasteiger partial charge in [0.15, 0.2) is 0 Å². The molecule has 2 aromatic rings. The van der Waals surface area contributed by atoms with Gasteiger partial charge in [0, 0.05) is 18.8 Å². The molecule has 0 aliphatic carbocycles. The van der Waals surface area contributed by atoms with Crippen molar-refractivity contribution >= 4 is 16.0 Å². The van der Waals surface area contributed by atoms with Crippen molar-refractivity contribution < 1.29 is 8.42 Å². The Morgan fingerprint density at radius 1 is 1.24 bits per heavy atom. The minimum Gasteiger partial charge on any atom is -0.341 e. The summed E-state index contributed by atoms with van der Waals surface area (Å²) in [5.74, 6) is 0.643. The molecule has 1 aromatic heterocycles. The van der Waals surface area contributed by atoms with Gasteiger partial charge in [-0.3, -0.25) is 0 Å². The van der Waals surface area contributed by atoms with Gasteiger partial charge < -0.3 is 4.90 Å². The number of nitrogens with zero attached hydrogens (tertiary/aromatic N) is 4. The number of nitrogens with one attached hydrogen (secondary N) is 1. The number of nitriles is 1. The monoisotopic (exact) mass is 357 g/mol. The highest BCUT2D eigenvalue weighted by Crippen LogP contribution is 2.18. The van der Waals surface area contributed by atoms with Gasteiger partial charge in [0.2, 0.25) is 16.0 Å². The summed E-state index contributed by atoms with van der Waals surface area (Å²) in [6, 6.07) is 9.79. The fourth-order valence-electron chi connectivity index (χ4n) is 2.81. The molecule has 1 aliphatic heterocycles. The van der Waals surface area contributed by atoms with Crippen LogP contribution < -0.4 is 9.62 Å². The third-order valence-electron chi connectivity index (χ3n) is 4.02. The van der Waals surface area contributed by atoms with Crippen LogP contribution in [0.2, 0.25) is 0 Å². The predicted molar refractivity (Wildman–Crippen MR) is 93.4 cm³/mol. The molecule has 0 atom stereocenters. The minimum absolute atomic E-state index is 0.0250. The topological polar surface area (TPSA) is 99.0 Å². The quantitative estimate of drug-likeness (QED) is 0.875. The highest BCUT2D eigenvalue weighted by atomic mass is 32.2. The van der Waals surface area contributed by atoms with Crippen LogP contribution in [0, 0.1) is 18.3 Å². The van der Waals surface area contributed by atoms with E-state index in [-0.39, 0.29) is 17.0 Å². The molecule has 1 saturated heterocycles. The van der Waals surface area contributed by atoms with Gasteiger partial charge in [-0.05, 0) is 38.0 Å². The predicted octanol–water partition coefficient (Wildman–Crippen LogP) is 1.74. The number of sulfonamides is 1. The van der Waals surface area contributed by atoms with Gasteiger partial charge >= 0.3 is 0 Å². The van der Waals surface area contributed by atoms with E-state index in [1.54, 1.807) is 18.2 Å². The van der Waals surface area contributed by atoms with Crippen LogP contribution >= 0.6 is 0 Å². The van der Waals surface area contributed by atoms with E-state index in [0.717, 1.165) is 31.6 Å². The second kappa shape index (κ2) is 7.17. The van der Waals surface area contributed by atoms with E-state index in [9.17, 15) is 8.42 Å². The third-order valence-corrected chi connectivity index (χ3v) is 5.48. The van der Waals surface area contributed by atoms with Crippen molar-refractivity contribution in [3.63, 3.8) is 0 Å². The summed E-state index contributed by atoms with van der Waals surface area (Å²) >= 11 is 0. The average Bonchev–Trinajstić information content (AvgIpc) is 3.14. The molecule has 0 unspecified atom stereocenters. The summed E-state index contributed by atoms with van der Waals surface area (Å²) in [6.07, 6.45) is 2.23. The Kier molecular flexibility index (Phi) is 4.97. The first-order valence-electron chi connectivity index (χ1n) is 8.08. The van der Waals surface area contributed by atoms with Gasteiger partial charge in [-0.2, -0.15) is 5.26 Å². The molecule has 3 rings (SSSR count). The fourth-order valence-corrected chi connectivity index (χ4v) is 3.96. The molecule has 2 heterocycles. The van der Waals surface area contributed by atoms with Crippen molar-refractivity contribution in [2.45, 2.75) is 31.2 Å². The van der Waals surface area contributed by atoms with Crippen LogP contribution in [0.3, 0.4) is 0 Å². The highest BCUT2D eigenvalue weighted by molar-refractivity contribution is 7.89. The van der Waals surface area contributed by atoms with Crippen LogP contribution in [0.5, 0.6) is 0 Å². The lowest BCUT2D eigenvalue weighted by atomic mass is 10.2. The molecule has 130 valence electrons. The number of aryl methyl sites for hydroxylation is 1. The first-order valence-corrected chi connectivity index (χ1v) is 9.56. The molecule has 7 nitrogen and oxygen atoms in total. The molecule has 0 bridgehead atoms. The Morgan fingerprint density at radius 3 is 2.68 bits per heavy atom. The molecule has 8 heteroatoms. The van der Waals surface area contributed by atoms with Crippen molar-refractivity contribution in [2.75, 3.05) is 18.0 Å². The van der Waals surface area contributed by atoms with Gasteiger partial charge in [-0.15, -0.1) is 0 Å². The van der Waals surface area contributed by atoms with Crippen LogP contribution in [0.4, 0.5) is 5.95 Å². The molecule has 1 aliphatic rings. The summed E-state index contributed by atoms with van der Waals surface area (Å²) < 4.78 is 27.5. The van der Waals surface area contributed by atoms with Gasteiger partial charge in [0.1, 0.15) is 6.07 Å².